The molecule has 0 spiro atoms. The molecule has 1 aromatic rings. The Labute approximate surface area is 96.5 Å². The first-order valence-electron chi connectivity index (χ1n) is 5.19. The van der Waals surface area contributed by atoms with Gasteiger partial charge in [-0.15, -0.1) is 11.8 Å². The molecule has 0 saturated carbocycles. The van der Waals surface area contributed by atoms with E-state index in [1.807, 2.05) is 6.92 Å². The third-order valence-electron chi connectivity index (χ3n) is 2.78. The van der Waals surface area contributed by atoms with E-state index in [1.165, 1.54) is 16.8 Å². The van der Waals surface area contributed by atoms with Crippen LogP contribution in [0, 0.1) is 5.92 Å². The summed E-state index contributed by atoms with van der Waals surface area (Å²) in [6.45, 7) is 2.18. The molecule has 0 amide bonds. The van der Waals surface area contributed by atoms with E-state index < -0.39 is 0 Å². The Morgan fingerprint density at radius 1 is 1.62 bits per heavy atom. The van der Waals surface area contributed by atoms with Gasteiger partial charge in [0.05, 0.1) is 12.0 Å². The van der Waals surface area contributed by atoms with Gasteiger partial charge in [-0.05, 0) is 12.3 Å². The van der Waals surface area contributed by atoms with Crippen LogP contribution in [0.15, 0.2) is 21.9 Å². The first-order valence-corrected chi connectivity index (χ1v) is 6.14. The molecule has 1 aliphatic heterocycles. The fourth-order valence-electron chi connectivity index (χ4n) is 2.00. The van der Waals surface area contributed by atoms with Gasteiger partial charge in [-0.25, -0.2) is 4.79 Å². The number of aromatic amines is 1. The second kappa shape index (κ2) is 4.47. The van der Waals surface area contributed by atoms with Crippen LogP contribution in [0.1, 0.15) is 18.7 Å². The second-order valence-corrected chi connectivity index (χ2v) is 5.48. The highest BCUT2D eigenvalue weighted by Gasteiger charge is 2.33. The van der Waals surface area contributed by atoms with Crippen molar-refractivity contribution in [3.63, 3.8) is 0 Å². The molecule has 1 saturated heterocycles. The highest BCUT2D eigenvalue weighted by atomic mass is 32.2. The van der Waals surface area contributed by atoms with E-state index in [2.05, 4.69) is 4.98 Å². The summed E-state index contributed by atoms with van der Waals surface area (Å²) in [6, 6.07) is 1.35. The van der Waals surface area contributed by atoms with Crippen LogP contribution in [0.5, 0.6) is 0 Å². The van der Waals surface area contributed by atoms with Crippen molar-refractivity contribution in [3.8, 4) is 0 Å². The lowest BCUT2D eigenvalue weighted by molar-refractivity contribution is 0.284. The van der Waals surface area contributed by atoms with Crippen molar-refractivity contribution < 1.29 is 5.11 Å². The van der Waals surface area contributed by atoms with Gasteiger partial charge >= 0.3 is 5.69 Å². The lowest BCUT2D eigenvalue weighted by Crippen LogP contribution is -2.31. The Bertz CT molecular complexity index is 481. The van der Waals surface area contributed by atoms with Gasteiger partial charge in [-0.2, -0.15) is 0 Å². The maximum Gasteiger partial charge on any atom is 0.329 e. The van der Waals surface area contributed by atoms with E-state index >= 15 is 0 Å². The molecule has 5 nitrogen and oxygen atoms in total. The standard InChI is InChI=1S/C10H14N2O3S/c1-6-4-7(5-13)16-9(6)12-3-2-8(14)11-10(12)15/h2-3,6-7,9,13H,4-5H2,1H3,(H,11,14,15)/t6-,7-,9+/m0/s1. The van der Waals surface area contributed by atoms with Crippen LogP contribution in [0.4, 0.5) is 0 Å². The molecule has 1 aliphatic rings. The third kappa shape index (κ3) is 2.08. The monoisotopic (exact) mass is 242 g/mol. The van der Waals surface area contributed by atoms with Gasteiger partial charge in [0, 0.05) is 17.5 Å². The zero-order valence-corrected chi connectivity index (χ0v) is 9.74. The van der Waals surface area contributed by atoms with Gasteiger partial charge in [0.25, 0.3) is 5.56 Å². The normalized spacial score (nSPS) is 29.5. The van der Waals surface area contributed by atoms with E-state index in [0.29, 0.717) is 5.92 Å². The average Bonchev–Trinajstić information content (AvgIpc) is 2.60. The Morgan fingerprint density at radius 3 is 2.94 bits per heavy atom. The molecule has 0 aromatic carbocycles. The molecule has 2 rings (SSSR count). The molecular weight excluding hydrogens is 228 g/mol. The summed E-state index contributed by atoms with van der Waals surface area (Å²) in [5, 5.41) is 9.28. The maximum atomic E-state index is 11.6. The minimum Gasteiger partial charge on any atom is -0.395 e. The van der Waals surface area contributed by atoms with Crippen molar-refractivity contribution in [3.05, 3.63) is 33.1 Å². The number of nitrogens with one attached hydrogen (secondary N) is 1. The van der Waals surface area contributed by atoms with Crippen LogP contribution < -0.4 is 11.2 Å². The van der Waals surface area contributed by atoms with E-state index in [0.717, 1.165) is 6.42 Å². The van der Waals surface area contributed by atoms with Crippen molar-refractivity contribution in [2.45, 2.75) is 24.0 Å². The van der Waals surface area contributed by atoms with Gasteiger partial charge in [-0.3, -0.25) is 14.3 Å². The minimum atomic E-state index is -0.379. The van der Waals surface area contributed by atoms with E-state index in [1.54, 1.807) is 11.8 Å². The summed E-state index contributed by atoms with van der Waals surface area (Å²) in [5.74, 6) is 0.311. The quantitative estimate of drug-likeness (QED) is 0.775. The first-order chi connectivity index (χ1) is 7.61. The van der Waals surface area contributed by atoms with Crippen LogP contribution in [0.25, 0.3) is 0 Å². The highest BCUT2D eigenvalue weighted by Crippen LogP contribution is 2.44. The predicted octanol–water partition coefficient (Wildman–Crippen LogP) is 0.169. The Morgan fingerprint density at radius 2 is 2.38 bits per heavy atom. The second-order valence-electron chi connectivity index (χ2n) is 4.06. The number of H-pyrrole nitrogens is 1. The molecule has 2 N–H and O–H groups in total. The van der Waals surface area contributed by atoms with Gasteiger partial charge in [0.1, 0.15) is 0 Å². The molecule has 1 aromatic heterocycles. The van der Waals surface area contributed by atoms with Crippen LogP contribution in [-0.4, -0.2) is 26.5 Å². The topological polar surface area (TPSA) is 75.1 Å². The van der Waals surface area contributed by atoms with Crippen molar-refractivity contribution in [1.82, 2.24) is 9.55 Å². The number of rotatable bonds is 2. The smallest absolute Gasteiger partial charge is 0.329 e. The Balaban J connectivity index is 2.31. The van der Waals surface area contributed by atoms with Crippen molar-refractivity contribution in [1.29, 1.82) is 0 Å². The average molecular weight is 242 g/mol. The lowest BCUT2D eigenvalue weighted by Gasteiger charge is -2.16. The summed E-state index contributed by atoms with van der Waals surface area (Å²) in [4.78, 5) is 24.8. The van der Waals surface area contributed by atoms with E-state index in [9.17, 15) is 9.59 Å². The molecule has 0 unspecified atom stereocenters. The van der Waals surface area contributed by atoms with Gasteiger partial charge in [-0.1, -0.05) is 6.92 Å². The molecular formula is C10H14N2O3S. The van der Waals surface area contributed by atoms with Crippen molar-refractivity contribution in [2.24, 2.45) is 5.92 Å². The highest BCUT2D eigenvalue weighted by molar-refractivity contribution is 8.00. The van der Waals surface area contributed by atoms with Crippen LogP contribution in [0.2, 0.25) is 0 Å². The van der Waals surface area contributed by atoms with E-state index in [-0.39, 0.29) is 28.5 Å². The van der Waals surface area contributed by atoms with Crippen LogP contribution in [0.3, 0.4) is 0 Å². The van der Waals surface area contributed by atoms with E-state index in [4.69, 9.17) is 5.11 Å². The number of nitrogens with zero attached hydrogens (tertiary/aromatic N) is 1. The van der Waals surface area contributed by atoms with Crippen LogP contribution in [-0.2, 0) is 0 Å². The molecule has 0 bridgehead atoms. The number of aliphatic hydroxyl groups is 1. The molecule has 6 heteroatoms. The SMILES string of the molecule is C[C@H]1C[C@@H](CO)S[C@H]1n1ccc(=O)[nH]c1=O. The van der Waals surface area contributed by atoms with Gasteiger partial charge in [0.15, 0.2) is 0 Å². The fourth-order valence-corrected chi connectivity index (χ4v) is 3.57. The minimum absolute atomic E-state index is 0.00139. The molecule has 3 atom stereocenters. The Hall–Kier alpha value is -1.01. The summed E-state index contributed by atoms with van der Waals surface area (Å²) >= 11 is 1.58. The summed E-state index contributed by atoms with van der Waals surface area (Å²) < 4.78 is 1.53. The van der Waals surface area contributed by atoms with Crippen LogP contribution >= 0.6 is 11.8 Å². The largest absolute Gasteiger partial charge is 0.395 e. The molecule has 0 aliphatic carbocycles. The lowest BCUT2D eigenvalue weighted by atomic mass is 10.1. The van der Waals surface area contributed by atoms with Crippen molar-refractivity contribution >= 4 is 11.8 Å². The van der Waals surface area contributed by atoms with Gasteiger partial charge in [0.2, 0.25) is 0 Å². The number of aromatic nitrogens is 2. The molecule has 0 radical (unpaired) electrons. The zero-order chi connectivity index (χ0) is 11.7. The molecule has 2 heterocycles. The predicted molar refractivity (Wildman–Crippen MR) is 62.6 cm³/mol. The molecule has 88 valence electrons. The number of hydrogen-bond acceptors (Lipinski definition) is 4. The number of thioether (sulfide) groups is 1. The number of aliphatic hydroxyl groups excluding tert-OH is 1. The number of hydrogen-bond donors (Lipinski definition) is 2. The maximum absolute atomic E-state index is 11.6. The zero-order valence-electron chi connectivity index (χ0n) is 8.92. The fraction of sp³-hybridized carbons (Fsp3) is 0.600. The summed E-state index contributed by atoms with van der Waals surface area (Å²) in [6.07, 6.45) is 2.41. The molecule has 1 fully saturated rings. The summed E-state index contributed by atoms with van der Waals surface area (Å²) in [7, 11) is 0. The van der Waals surface area contributed by atoms with Gasteiger partial charge < -0.3 is 5.11 Å². The first kappa shape index (κ1) is 11.5. The Kier molecular flexibility index (Phi) is 3.20. The van der Waals surface area contributed by atoms with Crippen molar-refractivity contribution in [2.75, 3.05) is 6.61 Å². The summed E-state index contributed by atoms with van der Waals surface area (Å²) in [5.41, 5.74) is -0.758. The third-order valence-corrected chi connectivity index (χ3v) is 4.48. The molecule has 16 heavy (non-hydrogen) atoms.